The molecule has 0 bridgehead atoms. The molecule has 0 aliphatic carbocycles. The highest BCUT2D eigenvalue weighted by Crippen LogP contribution is 2.42. The van der Waals surface area contributed by atoms with Gasteiger partial charge in [-0.2, -0.15) is 0 Å². The van der Waals surface area contributed by atoms with Gasteiger partial charge in [-0.15, -0.1) is 11.3 Å². The van der Waals surface area contributed by atoms with Crippen LogP contribution in [-0.2, 0) is 0 Å². The third kappa shape index (κ3) is 6.40. The minimum atomic E-state index is -0.751. The number of rotatable bonds is 11. The summed E-state index contributed by atoms with van der Waals surface area (Å²) >= 11 is 1.37. The summed E-state index contributed by atoms with van der Waals surface area (Å²) in [6, 6.07) is 17.5. The predicted octanol–water partition coefficient (Wildman–Crippen LogP) is 6.59. The van der Waals surface area contributed by atoms with Crippen LogP contribution >= 0.6 is 11.3 Å². The van der Waals surface area contributed by atoms with E-state index in [1.165, 1.54) is 49.2 Å². The number of hydrogen-bond acceptors (Lipinski definition) is 7. The van der Waals surface area contributed by atoms with Crippen molar-refractivity contribution in [3.05, 3.63) is 77.6 Å². The van der Waals surface area contributed by atoms with Crippen molar-refractivity contribution >= 4 is 27.2 Å². The van der Waals surface area contributed by atoms with Gasteiger partial charge in [0.05, 0.1) is 0 Å². The summed E-state index contributed by atoms with van der Waals surface area (Å²) in [7, 11) is 0. The quantitative estimate of drug-likeness (QED) is 0.204. The number of ether oxygens (including phenoxy) is 2. The van der Waals surface area contributed by atoms with Crippen LogP contribution in [0.3, 0.4) is 0 Å². The van der Waals surface area contributed by atoms with E-state index in [1.807, 2.05) is 36.4 Å². The summed E-state index contributed by atoms with van der Waals surface area (Å²) in [4.78, 5) is 19.4. The maximum absolute atomic E-state index is 14.5. The smallest absolute Gasteiger partial charge is 0.195 e. The van der Waals surface area contributed by atoms with Gasteiger partial charge >= 0.3 is 0 Å². The van der Waals surface area contributed by atoms with E-state index >= 15 is 0 Å². The van der Waals surface area contributed by atoms with Crippen molar-refractivity contribution in [1.29, 1.82) is 0 Å². The fourth-order valence-corrected chi connectivity index (χ4v) is 6.90. The van der Waals surface area contributed by atoms with Crippen LogP contribution < -0.4 is 9.47 Å². The van der Waals surface area contributed by atoms with Gasteiger partial charge < -0.3 is 14.6 Å². The molecule has 0 spiro atoms. The van der Waals surface area contributed by atoms with Gasteiger partial charge in [-0.3, -0.25) is 14.6 Å². The molecule has 8 heteroatoms. The molecule has 0 radical (unpaired) electrons. The number of phenolic OH excluding ortho intramolecular Hbond substituents is 1. The Kier molecular flexibility index (Phi) is 8.51. The Balaban J connectivity index is 1.21. The van der Waals surface area contributed by atoms with E-state index in [4.69, 9.17) is 9.47 Å². The summed E-state index contributed by atoms with van der Waals surface area (Å²) in [5, 5.41) is 10.5. The minimum absolute atomic E-state index is 0.203. The zero-order chi connectivity index (χ0) is 28.2. The van der Waals surface area contributed by atoms with Crippen LogP contribution in [0.25, 0.3) is 20.5 Å². The first kappa shape index (κ1) is 27.7. The molecule has 0 saturated carbocycles. The number of carbonyl (C=O) groups is 1. The van der Waals surface area contributed by atoms with Crippen molar-refractivity contribution in [2.75, 3.05) is 52.5 Å². The third-order valence-corrected chi connectivity index (χ3v) is 9.17. The topological polar surface area (TPSA) is 62.2 Å². The van der Waals surface area contributed by atoms with Crippen LogP contribution in [0.1, 0.15) is 41.6 Å². The number of benzene rings is 3. The van der Waals surface area contributed by atoms with E-state index < -0.39 is 11.6 Å². The average Bonchev–Trinajstić information content (AvgIpc) is 3.76. The lowest BCUT2D eigenvalue weighted by atomic mass is 9.97. The second-order valence-corrected chi connectivity index (χ2v) is 11.8. The first-order valence-electron chi connectivity index (χ1n) is 14.5. The van der Waals surface area contributed by atoms with Crippen LogP contribution in [0.5, 0.6) is 17.2 Å². The zero-order valence-corrected chi connectivity index (χ0v) is 23.9. The average molecular weight is 575 g/mol. The highest BCUT2D eigenvalue weighted by atomic mass is 32.1. The van der Waals surface area contributed by atoms with Crippen LogP contribution in [0.4, 0.5) is 4.39 Å². The summed E-state index contributed by atoms with van der Waals surface area (Å²) in [5.41, 5.74) is 1.76. The number of hydrogen-bond donors (Lipinski definition) is 1. The Bertz CT molecular complexity index is 1490. The van der Waals surface area contributed by atoms with Crippen molar-refractivity contribution in [2.24, 2.45) is 0 Å². The number of aromatic hydroxyl groups is 1. The van der Waals surface area contributed by atoms with E-state index in [-0.39, 0.29) is 5.78 Å². The molecule has 2 aliphatic rings. The van der Waals surface area contributed by atoms with Gasteiger partial charge in [0.2, 0.25) is 0 Å². The summed E-state index contributed by atoms with van der Waals surface area (Å²) in [6.45, 7) is 7.56. The first-order valence-corrected chi connectivity index (χ1v) is 15.3. The molecular formula is C33H35FN2O4S. The van der Waals surface area contributed by atoms with Crippen molar-refractivity contribution < 1.29 is 23.8 Å². The molecule has 1 aromatic heterocycles. The fourth-order valence-electron chi connectivity index (χ4n) is 5.68. The Morgan fingerprint density at radius 2 is 1.34 bits per heavy atom. The standard InChI is InChI=1S/C33H35FN2O4S/c34-28-21-27-30(22-29(28)37)41-33(24-7-11-26(12-8-24)40-20-18-36-15-3-4-16-36)31(27)32(38)23-5-9-25(10-6-23)39-19-17-35-13-1-2-14-35/h5-12,21-22,37H,1-4,13-20H2. The molecule has 6 rings (SSSR count). The van der Waals surface area contributed by atoms with Crippen molar-refractivity contribution in [3.63, 3.8) is 0 Å². The Labute approximate surface area is 243 Å². The Morgan fingerprint density at radius 3 is 1.90 bits per heavy atom. The second kappa shape index (κ2) is 12.6. The van der Waals surface area contributed by atoms with Gasteiger partial charge in [-0.05, 0) is 112 Å². The van der Waals surface area contributed by atoms with Crippen molar-refractivity contribution in [3.8, 4) is 27.7 Å². The maximum atomic E-state index is 14.5. The molecule has 2 saturated heterocycles. The molecule has 3 aromatic carbocycles. The van der Waals surface area contributed by atoms with Crippen molar-refractivity contribution in [2.45, 2.75) is 25.7 Å². The number of carbonyl (C=O) groups excluding carboxylic acids is 1. The summed E-state index contributed by atoms with van der Waals surface area (Å²) in [6.07, 6.45) is 5.00. The van der Waals surface area contributed by atoms with E-state index in [0.717, 1.165) is 55.5 Å². The molecule has 6 nitrogen and oxygen atoms in total. The lowest BCUT2D eigenvalue weighted by molar-refractivity contribution is 0.104. The molecule has 2 fully saturated rings. The number of nitrogens with zero attached hydrogens (tertiary/aromatic N) is 2. The first-order chi connectivity index (χ1) is 20.0. The predicted molar refractivity (Wildman–Crippen MR) is 161 cm³/mol. The van der Waals surface area contributed by atoms with Crippen LogP contribution in [0.15, 0.2) is 60.7 Å². The van der Waals surface area contributed by atoms with E-state index in [1.54, 1.807) is 12.1 Å². The van der Waals surface area contributed by atoms with Gasteiger partial charge in [0.25, 0.3) is 0 Å². The van der Waals surface area contributed by atoms with Gasteiger partial charge in [0.1, 0.15) is 24.7 Å². The molecule has 2 aliphatic heterocycles. The highest BCUT2D eigenvalue weighted by Gasteiger charge is 2.23. The SMILES string of the molecule is O=C(c1ccc(OCCN2CCCC2)cc1)c1c(-c2ccc(OCCN3CCCC3)cc2)sc2cc(O)c(F)cc12. The lowest BCUT2D eigenvalue weighted by Crippen LogP contribution is -2.25. The Hall–Kier alpha value is -3.46. The summed E-state index contributed by atoms with van der Waals surface area (Å²) in [5.74, 6) is 0.102. The fraction of sp³-hybridized carbons (Fsp3) is 0.364. The van der Waals surface area contributed by atoms with Gasteiger partial charge in [0, 0.05) is 45.2 Å². The van der Waals surface area contributed by atoms with Crippen LogP contribution in [0, 0.1) is 5.82 Å². The molecule has 214 valence electrons. The Morgan fingerprint density at radius 1 is 0.805 bits per heavy atom. The molecule has 0 unspecified atom stereocenters. The van der Waals surface area contributed by atoms with Crippen molar-refractivity contribution in [1.82, 2.24) is 9.80 Å². The maximum Gasteiger partial charge on any atom is 0.195 e. The van der Waals surface area contributed by atoms with Crippen LogP contribution in [0.2, 0.25) is 0 Å². The van der Waals surface area contributed by atoms with Gasteiger partial charge in [-0.25, -0.2) is 4.39 Å². The van der Waals surface area contributed by atoms with E-state index in [2.05, 4.69) is 9.80 Å². The highest BCUT2D eigenvalue weighted by molar-refractivity contribution is 7.22. The normalized spacial score (nSPS) is 16.0. The van der Waals surface area contributed by atoms with Gasteiger partial charge in [0.15, 0.2) is 17.3 Å². The van der Waals surface area contributed by atoms with Crippen LogP contribution in [-0.4, -0.2) is 73.2 Å². The number of likely N-dealkylation sites (tertiary alicyclic amines) is 2. The number of fused-ring (bicyclic) bond motifs is 1. The number of phenols is 1. The zero-order valence-electron chi connectivity index (χ0n) is 23.1. The lowest BCUT2D eigenvalue weighted by Gasteiger charge is -2.15. The number of thiophene rings is 1. The monoisotopic (exact) mass is 574 g/mol. The second-order valence-electron chi connectivity index (χ2n) is 10.8. The molecule has 41 heavy (non-hydrogen) atoms. The molecular weight excluding hydrogens is 539 g/mol. The van der Waals surface area contributed by atoms with E-state index in [0.29, 0.717) is 40.2 Å². The molecule has 0 amide bonds. The molecule has 3 heterocycles. The molecule has 4 aromatic rings. The van der Waals surface area contributed by atoms with Gasteiger partial charge in [-0.1, -0.05) is 0 Å². The molecule has 0 atom stereocenters. The summed E-state index contributed by atoms with van der Waals surface area (Å²) < 4.78 is 27.0. The van der Waals surface area contributed by atoms with E-state index in [9.17, 15) is 14.3 Å². The minimum Gasteiger partial charge on any atom is -0.505 e. The number of ketones is 1. The largest absolute Gasteiger partial charge is 0.505 e. The number of halogens is 1. The third-order valence-electron chi connectivity index (χ3n) is 7.97. The molecule has 1 N–H and O–H groups in total.